The van der Waals surface area contributed by atoms with Crippen LogP contribution in [0.25, 0.3) is 0 Å². The Bertz CT molecular complexity index is 343. The molecule has 2 rings (SSSR count). The van der Waals surface area contributed by atoms with E-state index >= 15 is 0 Å². The molecule has 1 aromatic heterocycles. The van der Waals surface area contributed by atoms with Crippen molar-refractivity contribution in [3.63, 3.8) is 0 Å². The van der Waals surface area contributed by atoms with Crippen molar-refractivity contribution in [2.75, 3.05) is 32.0 Å². The molecule has 1 unspecified atom stereocenters. The Kier molecular flexibility index (Phi) is 4.18. The van der Waals surface area contributed by atoms with Crippen molar-refractivity contribution in [2.24, 2.45) is 5.92 Å². The van der Waals surface area contributed by atoms with E-state index in [2.05, 4.69) is 38.2 Å². The third kappa shape index (κ3) is 3.46. The van der Waals surface area contributed by atoms with Gasteiger partial charge in [-0.1, -0.05) is 6.07 Å². The Morgan fingerprint density at radius 3 is 3.19 bits per heavy atom. The standard InChI is InChI=1S/C12H18BrN3/c1-16-7-3-4-10(9-16)8-14-12-6-2-5-11(13)15-12/h2,5-6,10H,3-4,7-9H2,1H3,(H,14,15). The molecule has 2 heterocycles. The summed E-state index contributed by atoms with van der Waals surface area (Å²) in [5.41, 5.74) is 0. The lowest BCUT2D eigenvalue weighted by Crippen LogP contribution is -2.35. The quantitative estimate of drug-likeness (QED) is 0.865. The summed E-state index contributed by atoms with van der Waals surface area (Å²) in [5, 5.41) is 3.41. The van der Waals surface area contributed by atoms with Crippen molar-refractivity contribution in [1.82, 2.24) is 9.88 Å². The second-order valence-corrected chi connectivity index (χ2v) is 5.31. The van der Waals surface area contributed by atoms with Crippen LogP contribution < -0.4 is 5.32 Å². The van der Waals surface area contributed by atoms with Crippen LogP contribution >= 0.6 is 15.9 Å². The molecule has 88 valence electrons. The first kappa shape index (κ1) is 11.9. The van der Waals surface area contributed by atoms with Crippen LogP contribution in [0, 0.1) is 5.92 Å². The molecule has 0 aliphatic carbocycles. The summed E-state index contributed by atoms with van der Waals surface area (Å²) >= 11 is 3.38. The number of pyridine rings is 1. The minimum atomic E-state index is 0.750. The molecule has 1 atom stereocenters. The van der Waals surface area contributed by atoms with Crippen LogP contribution in [0.2, 0.25) is 0 Å². The molecule has 0 amide bonds. The van der Waals surface area contributed by atoms with E-state index < -0.39 is 0 Å². The number of rotatable bonds is 3. The Hall–Kier alpha value is -0.610. The van der Waals surface area contributed by atoms with Gasteiger partial charge in [0.05, 0.1) is 0 Å². The molecule has 1 aliphatic heterocycles. The van der Waals surface area contributed by atoms with Crippen LogP contribution in [0.3, 0.4) is 0 Å². The van der Waals surface area contributed by atoms with Gasteiger partial charge in [-0.05, 0) is 60.4 Å². The van der Waals surface area contributed by atoms with Gasteiger partial charge in [-0.15, -0.1) is 0 Å². The zero-order chi connectivity index (χ0) is 11.4. The Morgan fingerprint density at radius 1 is 1.56 bits per heavy atom. The number of piperidine rings is 1. The first-order valence-corrected chi connectivity index (χ1v) is 6.58. The second-order valence-electron chi connectivity index (χ2n) is 4.50. The first-order valence-electron chi connectivity index (χ1n) is 5.79. The molecule has 1 N–H and O–H groups in total. The molecule has 1 aromatic rings. The smallest absolute Gasteiger partial charge is 0.127 e. The van der Waals surface area contributed by atoms with Crippen molar-refractivity contribution in [3.8, 4) is 0 Å². The summed E-state index contributed by atoms with van der Waals surface area (Å²) in [7, 11) is 2.20. The first-order chi connectivity index (χ1) is 7.74. The monoisotopic (exact) mass is 283 g/mol. The molecule has 1 saturated heterocycles. The van der Waals surface area contributed by atoms with E-state index in [1.165, 1.54) is 25.9 Å². The number of hydrogen-bond donors (Lipinski definition) is 1. The lowest BCUT2D eigenvalue weighted by Gasteiger charge is -2.29. The van der Waals surface area contributed by atoms with Gasteiger partial charge in [0.2, 0.25) is 0 Å². The molecular formula is C12H18BrN3. The maximum atomic E-state index is 4.37. The fourth-order valence-corrected chi connectivity index (χ4v) is 2.54. The van der Waals surface area contributed by atoms with Crippen molar-refractivity contribution in [2.45, 2.75) is 12.8 Å². The van der Waals surface area contributed by atoms with E-state index in [-0.39, 0.29) is 0 Å². The lowest BCUT2D eigenvalue weighted by molar-refractivity contribution is 0.217. The fourth-order valence-electron chi connectivity index (χ4n) is 2.20. The number of halogens is 1. The second kappa shape index (κ2) is 5.64. The van der Waals surface area contributed by atoms with Crippen LogP contribution in [0.5, 0.6) is 0 Å². The predicted molar refractivity (Wildman–Crippen MR) is 70.6 cm³/mol. The van der Waals surface area contributed by atoms with Gasteiger partial charge in [0.1, 0.15) is 10.4 Å². The van der Waals surface area contributed by atoms with Crippen LogP contribution in [-0.4, -0.2) is 36.6 Å². The summed E-state index contributed by atoms with van der Waals surface area (Å²) in [6.07, 6.45) is 2.64. The highest BCUT2D eigenvalue weighted by Gasteiger charge is 2.16. The molecular weight excluding hydrogens is 266 g/mol. The van der Waals surface area contributed by atoms with Gasteiger partial charge in [0.15, 0.2) is 0 Å². The molecule has 3 nitrogen and oxygen atoms in total. The zero-order valence-electron chi connectivity index (χ0n) is 9.62. The normalized spacial score (nSPS) is 22.0. The van der Waals surface area contributed by atoms with Gasteiger partial charge in [-0.3, -0.25) is 0 Å². The summed E-state index contributed by atoms with van der Waals surface area (Å²) in [6.45, 7) is 3.46. The molecule has 1 aliphatic rings. The highest BCUT2D eigenvalue weighted by atomic mass is 79.9. The van der Waals surface area contributed by atoms with Crippen LogP contribution in [0.4, 0.5) is 5.82 Å². The lowest BCUT2D eigenvalue weighted by atomic mass is 9.98. The van der Waals surface area contributed by atoms with Gasteiger partial charge in [0.25, 0.3) is 0 Å². The van der Waals surface area contributed by atoms with Gasteiger partial charge in [-0.2, -0.15) is 0 Å². The topological polar surface area (TPSA) is 28.2 Å². The Balaban J connectivity index is 1.82. The third-order valence-electron chi connectivity index (χ3n) is 3.01. The highest BCUT2D eigenvalue weighted by Crippen LogP contribution is 2.16. The number of aromatic nitrogens is 1. The summed E-state index contributed by atoms with van der Waals surface area (Å²) in [5.74, 6) is 1.71. The molecule has 4 heteroatoms. The van der Waals surface area contributed by atoms with Gasteiger partial charge >= 0.3 is 0 Å². The number of nitrogens with zero attached hydrogens (tertiary/aromatic N) is 2. The number of nitrogens with one attached hydrogen (secondary N) is 1. The summed E-state index contributed by atoms with van der Waals surface area (Å²) < 4.78 is 0.887. The fraction of sp³-hybridized carbons (Fsp3) is 0.583. The predicted octanol–water partition coefficient (Wildman–Crippen LogP) is 2.60. The van der Waals surface area contributed by atoms with Gasteiger partial charge < -0.3 is 10.2 Å². The van der Waals surface area contributed by atoms with E-state index in [1.54, 1.807) is 0 Å². The van der Waals surface area contributed by atoms with E-state index in [0.29, 0.717) is 0 Å². The van der Waals surface area contributed by atoms with Crippen LogP contribution in [0.1, 0.15) is 12.8 Å². The number of likely N-dealkylation sites (tertiary alicyclic amines) is 1. The summed E-state index contributed by atoms with van der Waals surface area (Å²) in [6, 6.07) is 5.96. The van der Waals surface area contributed by atoms with Crippen molar-refractivity contribution in [3.05, 3.63) is 22.8 Å². The van der Waals surface area contributed by atoms with Crippen LogP contribution in [-0.2, 0) is 0 Å². The average molecular weight is 284 g/mol. The minimum Gasteiger partial charge on any atom is -0.370 e. The van der Waals surface area contributed by atoms with Crippen molar-refractivity contribution < 1.29 is 0 Å². The number of hydrogen-bond acceptors (Lipinski definition) is 3. The molecule has 16 heavy (non-hydrogen) atoms. The molecule has 0 aromatic carbocycles. The van der Waals surface area contributed by atoms with E-state index in [1.807, 2.05) is 18.2 Å². The molecule has 0 radical (unpaired) electrons. The van der Waals surface area contributed by atoms with Gasteiger partial charge in [0, 0.05) is 13.1 Å². The minimum absolute atomic E-state index is 0.750. The van der Waals surface area contributed by atoms with Gasteiger partial charge in [-0.25, -0.2) is 4.98 Å². The van der Waals surface area contributed by atoms with Crippen molar-refractivity contribution >= 4 is 21.7 Å². The average Bonchev–Trinajstić information content (AvgIpc) is 2.27. The maximum Gasteiger partial charge on any atom is 0.127 e. The van der Waals surface area contributed by atoms with E-state index in [4.69, 9.17) is 0 Å². The highest BCUT2D eigenvalue weighted by molar-refractivity contribution is 9.10. The molecule has 0 saturated carbocycles. The maximum absolute atomic E-state index is 4.37. The summed E-state index contributed by atoms with van der Waals surface area (Å²) in [4.78, 5) is 6.78. The van der Waals surface area contributed by atoms with Crippen molar-refractivity contribution in [1.29, 1.82) is 0 Å². The van der Waals surface area contributed by atoms with E-state index in [9.17, 15) is 0 Å². The Morgan fingerprint density at radius 2 is 2.44 bits per heavy atom. The number of anilines is 1. The Labute approximate surface area is 105 Å². The van der Waals surface area contributed by atoms with E-state index in [0.717, 1.165) is 22.9 Å². The SMILES string of the molecule is CN1CCCC(CNc2cccc(Br)n2)C1. The zero-order valence-corrected chi connectivity index (χ0v) is 11.2. The largest absolute Gasteiger partial charge is 0.370 e. The molecule has 1 fully saturated rings. The molecule has 0 spiro atoms. The molecule has 0 bridgehead atoms. The third-order valence-corrected chi connectivity index (χ3v) is 3.45. The van der Waals surface area contributed by atoms with Crippen LogP contribution in [0.15, 0.2) is 22.8 Å².